The van der Waals surface area contributed by atoms with Crippen LogP contribution < -0.4 is 4.90 Å². The second-order valence-corrected chi connectivity index (χ2v) is 7.68. The Balaban J connectivity index is 1.83. The summed E-state index contributed by atoms with van der Waals surface area (Å²) in [5.74, 6) is 0.138. The predicted octanol–water partition coefficient (Wildman–Crippen LogP) is 3.72. The number of hydrogen-bond donors (Lipinski definition) is 0. The molecular weight excluding hydrogens is 358 g/mol. The van der Waals surface area contributed by atoms with Crippen molar-refractivity contribution in [2.75, 3.05) is 44.3 Å². The molecule has 7 heteroatoms. The normalized spacial score (nSPS) is 15.6. The summed E-state index contributed by atoms with van der Waals surface area (Å²) in [7, 11) is 0. The van der Waals surface area contributed by atoms with E-state index in [4.69, 9.17) is 21.3 Å². The standard InChI is InChI=1S/C18H24ClN3O2S/c1-3-4-16(23)22(8-7-21-9-11-24-12-10-21)18-20-17-13(2)14(19)5-6-15(17)25-18/h5-6H,3-4,7-12H2,1-2H3. The minimum Gasteiger partial charge on any atom is -0.379 e. The highest BCUT2D eigenvalue weighted by atomic mass is 35.5. The maximum atomic E-state index is 12.7. The van der Waals surface area contributed by atoms with Gasteiger partial charge in [-0.25, -0.2) is 4.98 Å². The molecule has 1 aromatic heterocycles. The van der Waals surface area contributed by atoms with Crippen LogP contribution in [0.5, 0.6) is 0 Å². The Hall–Kier alpha value is -1.21. The number of amides is 1. The molecule has 5 nitrogen and oxygen atoms in total. The minimum atomic E-state index is 0.138. The topological polar surface area (TPSA) is 45.7 Å². The van der Waals surface area contributed by atoms with Crippen LogP contribution in [0.25, 0.3) is 10.2 Å². The highest BCUT2D eigenvalue weighted by molar-refractivity contribution is 7.22. The Labute approximate surface area is 157 Å². The van der Waals surface area contributed by atoms with E-state index < -0.39 is 0 Å². The van der Waals surface area contributed by atoms with Gasteiger partial charge in [0.2, 0.25) is 5.91 Å². The van der Waals surface area contributed by atoms with Gasteiger partial charge in [0, 0.05) is 37.6 Å². The van der Waals surface area contributed by atoms with Crippen molar-refractivity contribution in [3.8, 4) is 0 Å². The Kier molecular flexibility index (Phi) is 6.28. The third kappa shape index (κ3) is 4.31. The summed E-state index contributed by atoms with van der Waals surface area (Å²) >= 11 is 7.78. The van der Waals surface area contributed by atoms with Crippen LogP contribution in [0.3, 0.4) is 0 Å². The molecule has 0 saturated carbocycles. The number of nitrogens with zero attached hydrogens (tertiary/aromatic N) is 3. The van der Waals surface area contributed by atoms with Gasteiger partial charge in [0.1, 0.15) is 0 Å². The lowest BCUT2D eigenvalue weighted by molar-refractivity contribution is -0.118. The summed E-state index contributed by atoms with van der Waals surface area (Å²) in [4.78, 5) is 21.6. The molecule has 1 amide bonds. The molecule has 0 aliphatic carbocycles. The van der Waals surface area contributed by atoms with E-state index in [1.165, 1.54) is 0 Å². The lowest BCUT2D eigenvalue weighted by atomic mass is 10.2. The van der Waals surface area contributed by atoms with E-state index in [2.05, 4.69) is 4.90 Å². The lowest BCUT2D eigenvalue weighted by Crippen LogP contribution is -2.43. The first-order valence-electron chi connectivity index (χ1n) is 8.76. The van der Waals surface area contributed by atoms with Gasteiger partial charge in [-0.2, -0.15) is 0 Å². The molecule has 1 saturated heterocycles. The second-order valence-electron chi connectivity index (χ2n) is 6.26. The molecule has 2 heterocycles. The fourth-order valence-corrected chi connectivity index (χ4v) is 4.17. The van der Waals surface area contributed by atoms with E-state index in [0.717, 1.165) is 60.2 Å². The molecule has 2 aromatic rings. The van der Waals surface area contributed by atoms with Crippen LogP contribution in [0, 0.1) is 6.92 Å². The quantitative estimate of drug-likeness (QED) is 0.765. The number of aromatic nitrogens is 1. The number of halogens is 1. The van der Waals surface area contributed by atoms with Gasteiger partial charge in [0.05, 0.1) is 23.4 Å². The van der Waals surface area contributed by atoms with Crippen LogP contribution in [0.15, 0.2) is 12.1 Å². The van der Waals surface area contributed by atoms with Crippen molar-refractivity contribution in [3.63, 3.8) is 0 Å². The summed E-state index contributed by atoms with van der Waals surface area (Å²) in [6.07, 6.45) is 1.38. The summed E-state index contributed by atoms with van der Waals surface area (Å²) in [5, 5.41) is 1.48. The number of fused-ring (bicyclic) bond motifs is 1. The number of carbonyl (C=O) groups is 1. The molecule has 0 unspecified atom stereocenters. The number of thiazole rings is 1. The van der Waals surface area contributed by atoms with Crippen molar-refractivity contribution < 1.29 is 9.53 Å². The molecule has 0 spiro atoms. The Morgan fingerprint density at radius 3 is 2.88 bits per heavy atom. The fraction of sp³-hybridized carbons (Fsp3) is 0.556. The number of benzene rings is 1. The van der Waals surface area contributed by atoms with Crippen LogP contribution in [0.4, 0.5) is 5.13 Å². The van der Waals surface area contributed by atoms with Crippen LogP contribution in [0.2, 0.25) is 5.02 Å². The molecular formula is C18H24ClN3O2S. The van der Waals surface area contributed by atoms with E-state index in [9.17, 15) is 4.79 Å². The number of anilines is 1. The van der Waals surface area contributed by atoms with Gasteiger partial charge in [-0.05, 0) is 31.0 Å². The highest BCUT2D eigenvalue weighted by Crippen LogP contribution is 2.33. The monoisotopic (exact) mass is 381 g/mol. The van der Waals surface area contributed by atoms with E-state index in [0.29, 0.717) is 18.0 Å². The fourth-order valence-electron chi connectivity index (χ4n) is 2.95. The van der Waals surface area contributed by atoms with Gasteiger partial charge in [0.15, 0.2) is 5.13 Å². The minimum absolute atomic E-state index is 0.138. The van der Waals surface area contributed by atoms with Gasteiger partial charge in [-0.1, -0.05) is 29.9 Å². The summed E-state index contributed by atoms with van der Waals surface area (Å²) in [6, 6.07) is 3.88. The van der Waals surface area contributed by atoms with Gasteiger partial charge in [-0.3, -0.25) is 14.6 Å². The van der Waals surface area contributed by atoms with Crippen molar-refractivity contribution in [2.24, 2.45) is 0 Å². The van der Waals surface area contributed by atoms with Crippen LogP contribution in [-0.2, 0) is 9.53 Å². The largest absolute Gasteiger partial charge is 0.379 e. The molecule has 25 heavy (non-hydrogen) atoms. The SMILES string of the molecule is CCCC(=O)N(CCN1CCOCC1)c1nc2c(C)c(Cl)ccc2s1. The lowest BCUT2D eigenvalue weighted by Gasteiger charge is -2.29. The number of hydrogen-bond acceptors (Lipinski definition) is 5. The maximum absolute atomic E-state index is 12.7. The molecule has 0 bridgehead atoms. The molecule has 0 atom stereocenters. The van der Waals surface area contributed by atoms with Crippen LogP contribution in [-0.4, -0.2) is 55.2 Å². The highest BCUT2D eigenvalue weighted by Gasteiger charge is 2.21. The van der Waals surface area contributed by atoms with Gasteiger partial charge >= 0.3 is 0 Å². The van der Waals surface area contributed by atoms with Crippen molar-refractivity contribution in [1.29, 1.82) is 0 Å². The maximum Gasteiger partial charge on any atom is 0.228 e. The molecule has 1 aromatic carbocycles. The number of carbonyl (C=O) groups excluding carboxylic acids is 1. The van der Waals surface area contributed by atoms with Crippen molar-refractivity contribution in [2.45, 2.75) is 26.7 Å². The van der Waals surface area contributed by atoms with Crippen molar-refractivity contribution in [3.05, 3.63) is 22.7 Å². The van der Waals surface area contributed by atoms with Crippen LogP contribution in [0.1, 0.15) is 25.3 Å². The molecule has 1 fully saturated rings. The third-order valence-corrected chi connectivity index (χ3v) is 5.93. The van der Waals surface area contributed by atoms with Gasteiger partial charge in [0.25, 0.3) is 0 Å². The molecule has 1 aliphatic rings. The number of rotatable bonds is 6. The average Bonchev–Trinajstić information content (AvgIpc) is 3.04. The molecule has 1 aliphatic heterocycles. The van der Waals surface area contributed by atoms with E-state index in [1.54, 1.807) is 11.3 Å². The first-order chi connectivity index (χ1) is 12.1. The Morgan fingerprint density at radius 1 is 1.40 bits per heavy atom. The van der Waals surface area contributed by atoms with Gasteiger partial charge in [-0.15, -0.1) is 0 Å². The average molecular weight is 382 g/mol. The van der Waals surface area contributed by atoms with E-state index in [-0.39, 0.29) is 5.91 Å². The zero-order valence-corrected chi connectivity index (χ0v) is 16.3. The summed E-state index contributed by atoms with van der Waals surface area (Å²) in [5.41, 5.74) is 1.87. The van der Waals surface area contributed by atoms with Crippen LogP contribution >= 0.6 is 22.9 Å². The molecule has 0 N–H and O–H groups in total. The van der Waals surface area contributed by atoms with Gasteiger partial charge < -0.3 is 4.74 Å². The number of ether oxygens (including phenoxy) is 1. The second kappa shape index (κ2) is 8.45. The molecule has 3 rings (SSSR count). The van der Waals surface area contributed by atoms with E-state index >= 15 is 0 Å². The van der Waals surface area contributed by atoms with Crippen molar-refractivity contribution in [1.82, 2.24) is 9.88 Å². The molecule has 136 valence electrons. The summed E-state index contributed by atoms with van der Waals surface area (Å²) < 4.78 is 6.46. The zero-order chi connectivity index (χ0) is 17.8. The van der Waals surface area contributed by atoms with Crippen molar-refractivity contribution >= 4 is 44.2 Å². The van der Waals surface area contributed by atoms with E-state index in [1.807, 2.05) is 30.9 Å². The third-order valence-electron chi connectivity index (χ3n) is 4.48. The summed E-state index contributed by atoms with van der Waals surface area (Å²) in [6.45, 7) is 8.87. The zero-order valence-electron chi connectivity index (χ0n) is 14.8. The first kappa shape index (κ1) is 18.6. The first-order valence-corrected chi connectivity index (χ1v) is 9.95. The number of morpholine rings is 1. The Bertz CT molecular complexity index is 743. The number of aryl methyl sites for hydroxylation is 1. The smallest absolute Gasteiger partial charge is 0.228 e. The molecule has 0 radical (unpaired) electrons. The Morgan fingerprint density at radius 2 is 2.16 bits per heavy atom. The predicted molar refractivity (Wildman–Crippen MR) is 104 cm³/mol.